The second-order valence-electron chi connectivity index (χ2n) is 8.68. The van der Waals surface area contributed by atoms with E-state index in [9.17, 15) is 19.0 Å². The Morgan fingerprint density at radius 3 is 2.51 bits per heavy atom. The van der Waals surface area contributed by atoms with Gasteiger partial charge in [-0.2, -0.15) is 0 Å². The number of likely N-dealkylation sites (tertiary alicyclic amines) is 1. The molecular formula is C28H29F2NO4. The number of allylic oxidation sites excluding steroid dienone is 1. The highest BCUT2D eigenvalue weighted by molar-refractivity contribution is 5.94. The van der Waals surface area contributed by atoms with Gasteiger partial charge in [-0.05, 0) is 60.5 Å². The van der Waals surface area contributed by atoms with E-state index < -0.39 is 5.82 Å². The SMILES string of the molecule is CC1=C(c2ccc(F)c(O)c2)COc2ccc(O)cc21.FCC1CN(CCOc2ccccc2)C1. The third-order valence-electron chi connectivity index (χ3n) is 6.16. The fraction of sp³-hybridized carbons (Fsp3) is 0.286. The maximum atomic E-state index is 13.1. The van der Waals surface area contributed by atoms with E-state index in [2.05, 4.69) is 4.90 Å². The van der Waals surface area contributed by atoms with Crippen LogP contribution in [0.15, 0.2) is 66.7 Å². The second kappa shape index (κ2) is 11.2. The molecule has 1 saturated heterocycles. The van der Waals surface area contributed by atoms with Gasteiger partial charge in [0.25, 0.3) is 0 Å². The summed E-state index contributed by atoms with van der Waals surface area (Å²) >= 11 is 0. The van der Waals surface area contributed by atoms with Crippen LogP contribution in [0, 0.1) is 11.7 Å². The van der Waals surface area contributed by atoms with Crippen molar-refractivity contribution < 1.29 is 28.5 Å². The van der Waals surface area contributed by atoms with E-state index in [0.29, 0.717) is 24.5 Å². The maximum absolute atomic E-state index is 13.1. The predicted octanol–water partition coefficient (Wildman–Crippen LogP) is 5.53. The lowest BCUT2D eigenvalue weighted by atomic mass is 9.93. The lowest BCUT2D eigenvalue weighted by Gasteiger charge is -2.37. The molecule has 3 aromatic rings. The quantitative estimate of drug-likeness (QED) is 0.485. The molecule has 5 rings (SSSR count). The number of nitrogens with zero attached hydrogens (tertiary/aromatic N) is 1. The molecule has 0 spiro atoms. The highest BCUT2D eigenvalue weighted by atomic mass is 19.1. The molecule has 0 radical (unpaired) electrons. The van der Waals surface area contributed by atoms with Crippen molar-refractivity contribution in [1.29, 1.82) is 0 Å². The smallest absolute Gasteiger partial charge is 0.164 e. The maximum Gasteiger partial charge on any atom is 0.164 e. The van der Waals surface area contributed by atoms with Crippen LogP contribution >= 0.6 is 0 Å². The summed E-state index contributed by atoms with van der Waals surface area (Å²) < 4.78 is 36.5. The molecule has 5 nitrogen and oxygen atoms in total. The van der Waals surface area contributed by atoms with E-state index in [1.807, 2.05) is 37.3 Å². The van der Waals surface area contributed by atoms with Crippen LogP contribution in [0.5, 0.6) is 23.0 Å². The van der Waals surface area contributed by atoms with Gasteiger partial charge in [-0.25, -0.2) is 4.39 Å². The Morgan fingerprint density at radius 1 is 1.03 bits per heavy atom. The van der Waals surface area contributed by atoms with Gasteiger partial charge in [0, 0.05) is 36.7 Å². The summed E-state index contributed by atoms with van der Waals surface area (Å²) in [7, 11) is 0. The molecule has 2 aliphatic rings. The molecule has 0 aromatic heterocycles. The summed E-state index contributed by atoms with van der Waals surface area (Å²) in [5, 5.41) is 19.1. The number of ether oxygens (including phenoxy) is 2. The van der Waals surface area contributed by atoms with Crippen LogP contribution in [-0.2, 0) is 0 Å². The molecule has 0 amide bonds. The monoisotopic (exact) mass is 481 g/mol. The van der Waals surface area contributed by atoms with Crippen molar-refractivity contribution in [3.05, 3.63) is 83.7 Å². The van der Waals surface area contributed by atoms with Gasteiger partial charge in [-0.1, -0.05) is 24.3 Å². The first-order chi connectivity index (χ1) is 16.9. The van der Waals surface area contributed by atoms with Crippen LogP contribution in [0.2, 0.25) is 0 Å². The number of aromatic hydroxyl groups is 2. The van der Waals surface area contributed by atoms with Gasteiger partial charge < -0.3 is 19.7 Å². The van der Waals surface area contributed by atoms with Crippen LogP contribution in [0.1, 0.15) is 18.1 Å². The van der Waals surface area contributed by atoms with Gasteiger partial charge in [0.15, 0.2) is 11.6 Å². The average Bonchev–Trinajstić information content (AvgIpc) is 2.84. The first kappa shape index (κ1) is 24.5. The zero-order valence-corrected chi connectivity index (χ0v) is 19.6. The van der Waals surface area contributed by atoms with E-state index in [0.717, 1.165) is 42.1 Å². The van der Waals surface area contributed by atoms with Gasteiger partial charge in [-0.3, -0.25) is 9.29 Å². The molecule has 184 valence electrons. The molecule has 0 unspecified atom stereocenters. The number of alkyl halides is 1. The van der Waals surface area contributed by atoms with Gasteiger partial charge in [0.1, 0.15) is 30.5 Å². The van der Waals surface area contributed by atoms with Crippen molar-refractivity contribution in [3.63, 3.8) is 0 Å². The number of hydrogen-bond donors (Lipinski definition) is 2. The van der Waals surface area contributed by atoms with Crippen molar-refractivity contribution >= 4 is 11.1 Å². The molecule has 0 bridgehead atoms. The van der Waals surface area contributed by atoms with Crippen molar-refractivity contribution in [2.45, 2.75) is 6.92 Å². The van der Waals surface area contributed by atoms with Crippen molar-refractivity contribution in [1.82, 2.24) is 4.90 Å². The fourth-order valence-corrected chi connectivity index (χ4v) is 4.12. The Morgan fingerprint density at radius 2 is 1.80 bits per heavy atom. The second-order valence-corrected chi connectivity index (χ2v) is 8.68. The summed E-state index contributed by atoms with van der Waals surface area (Å²) in [6.45, 7) is 5.42. The van der Waals surface area contributed by atoms with E-state index in [-0.39, 0.29) is 24.1 Å². The number of phenols is 2. The third-order valence-corrected chi connectivity index (χ3v) is 6.16. The summed E-state index contributed by atoms with van der Waals surface area (Å²) in [5.41, 5.74) is 3.30. The molecule has 1 fully saturated rings. The lowest BCUT2D eigenvalue weighted by Crippen LogP contribution is -2.49. The van der Waals surface area contributed by atoms with E-state index in [1.54, 1.807) is 24.3 Å². The van der Waals surface area contributed by atoms with Crippen LogP contribution < -0.4 is 9.47 Å². The highest BCUT2D eigenvalue weighted by Crippen LogP contribution is 2.39. The highest BCUT2D eigenvalue weighted by Gasteiger charge is 2.25. The number of fused-ring (bicyclic) bond motifs is 1. The number of phenolic OH excluding ortho intramolecular Hbond substituents is 2. The topological polar surface area (TPSA) is 62.2 Å². The Balaban J connectivity index is 0.000000172. The zero-order valence-electron chi connectivity index (χ0n) is 19.6. The molecule has 0 saturated carbocycles. The number of benzene rings is 3. The normalized spacial score (nSPS) is 15.4. The Hall–Kier alpha value is -3.58. The molecule has 2 heterocycles. The van der Waals surface area contributed by atoms with E-state index in [4.69, 9.17) is 9.47 Å². The standard InChI is InChI=1S/C16H13FO3.C12H16FNO/c1-9-12-7-11(18)3-5-16(12)20-8-13(9)10-2-4-14(17)15(19)6-10;13-8-11-9-14(10-11)6-7-15-12-4-2-1-3-5-12/h2-7,18-19H,8H2,1H3;1-5,11H,6-10H2. The minimum absolute atomic E-state index is 0.162. The minimum atomic E-state index is -0.651. The van der Waals surface area contributed by atoms with Crippen molar-refractivity contribution in [2.24, 2.45) is 5.92 Å². The van der Waals surface area contributed by atoms with E-state index in [1.165, 1.54) is 12.1 Å². The fourth-order valence-electron chi connectivity index (χ4n) is 4.12. The minimum Gasteiger partial charge on any atom is -0.508 e. The van der Waals surface area contributed by atoms with Gasteiger partial charge in [-0.15, -0.1) is 0 Å². The molecular weight excluding hydrogens is 452 g/mol. The molecule has 0 aliphatic carbocycles. The Bertz CT molecular complexity index is 1180. The summed E-state index contributed by atoms with van der Waals surface area (Å²) in [6.07, 6.45) is 0. The summed E-state index contributed by atoms with van der Waals surface area (Å²) in [5.74, 6) is 0.998. The van der Waals surface area contributed by atoms with Crippen molar-refractivity contribution in [3.8, 4) is 23.0 Å². The number of para-hydroxylation sites is 1. The zero-order chi connectivity index (χ0) is 24.8. The first-order valence-corrected chi connectivity index (χ1v) is 11.6. The molecule has 35 heavy (non-hydrogen) atoms. The summed E-state index contributed by atoms with van der Waals surface area (Å²) in [4.78, 5) is 2.22. The Labute approximate surface area is 203 Å². The largest absolute Gasteiger partial charge is 0.508 e. The molecule has 0 atom stereocenters. The Kier molecular flexibility index (Phi) is 7.87. The molecule has 2 N–H and O–H groups in total. The van der Waals surface area contributed by atoms with Gasteiger partial charge in [0.2, 0.25) is 0 Å². The first-order valence-electron chi connectivity index (χ1n) is 11.6. The van der Waals surface area contributed by atoms with Crippen LogP contribution in [0.25, 0.3) is 11.1 Å². The third kappa shape index (κ3) is 6.11. The molecule has 7 heteroatoms. The van der Waals surface area contributed by atoms with Crippen LogP contribution in [0.4, 0.5) is 8.78 Å². The summed E-state index contributed by atoms with van der Waals surface area (Å²) in [6, 6.07) is 18.9. The molecule has 2 aliphatic heterocycles. The van der Waals surface area contributed by atoms with Crippen LogP contribution in [-0.4, -0.2) is 54.6 Å². The van der Waals surface area contributed by atoms with E-state index >= 15 is 0 Å². The average molecular weight is 482 g/mol. The van der Waals surface area contributed by atoms with Crippen LogP contribution in [0.3, 0.4) is 0 Å². The number of halogens is 2. The molecule has 3 aromatic carbocycles. The van der Waals surface area contributed by atoms with Gasteiger partial charge >= 0.3 is 0 Å². The number of rotatable bonds is 6. The van der Waals surface area contributed by atoms with Crippen molar-refractivity contribution in [2.75, 3.05) is 39.5 Å². The van der Waals surface area contributed by atoms with Gasteiger partial charge in [0.05, 0.1) is 6.67 Å². The number of hydrogen-bond acceptors (Lipinski definition) is 5. The predicted molar refractivity (Wildman–Crippen MR) is 132 cm³/mol. The lowest BCUT2D eigenvalue weighted by molar-refractivity contribution is 0.0668.